The van der Waals surface area contributed by atoms with Crippen LogP contribution in [0.4, 0.5) is 17.2 Å². The van der Waals surface area contributed by atoms with Crippen molar-refractivity contribution in [3.63, 3.8) is 0 Å². The molecule has 0 aliphatic carbocycles. The second-order valence-electron chi connectivity index (χ2n) is 12.0. The van der Waals surface area contributed by atoms with Crippen molar-refractivity contribution in [3.8, 4) is 28.3 Å². The molecule has 6 aromatic carbocycles. The first-order chi connectivity index (χ1) is 22.8. The van der Waals surface area contributed by atoms with Crippen LogP contribution in [0.25, 0.3) is 38.6 Å². The number of para-hydroxylation sites is 5. The van der Waals surface area contributed by atoms with Gasteiger partial charge in [0.15, 0.2) is 0 Å². The van der Waals surface area contributed by atoms with Crippen molar-refractivity contribution in [3.05, 3.63) is 158 Å². The van der Waals surface area contributed by atoms with Gasteiger partial charge in [0, 0.05) is 22.5 Å². The number of pyridine rings is 1. The summed E-state index contributed by atoms with van der Waals surface area (Å²) in [6.45, 7) is 0.119. The van der Waals surface area contributed by atoms with Crippen molar-refractivity contribution >= 4 is 62.1 Å². The Kier molecular flexibility index (Phi) is 5.34. The smallest absolute Gasteiger partial charge is 0.250 e. The Labute approximate surface area is 266 Å². The van der Waals surface area contributed by atoms with Crippen molar-refractivity contribution < 1.29 is 4.74 Å². The van der Waals surface area contributed by atoms with Gasteiger partial charge in [0.25, 0.3) is 6.71 Å². The van der Waals surface area contributed by atoms with Gasteiger partial charge in [-0.15, -0.1) is 0 Å². The molecule has 2 aromatic heterocycles. The molecule has 0 N–H and O–H groups in total. The molecule has 214 valence electrons. The van der Waals surface area contributed by atoms with Crippen molar-refractivity contribution in [1.82, 2.24) is 9.55 Å². The summed E-state index contributed by atoms with van der Waals surface area (Å²) >= 11 is 0. The molecule has 4 heterocycles. The van der Waals surface area contributed by atoms with Gasteiger partial charge in [0.1, 0.15) is 17.3 Å². The van der Waals surface area contributed by atoms with Gasteiger partial charge < -0.3 is 9.30 Å². The van der Waals surface area contributed by atoms with E-state index in [4.69, 9.17) is 9.72 Å². The lowest BCUT2D eigenvalue weighted by molar-refractivity contribution is 0.487. The van der Waals surface area contributed by atoms with Gasteiger partial charge >= 0.3 is 0 Å². The highest BCUT2D eigenvalue weighted by Crippen LogP contribution is 2.49. The summed E-state index contributed by atoms with van der Waals surface area (Å²) in [6.07, 6.45) is 1.98. The summed E-state index contributed by atoms with van der Waals surface area (Å²) in [4.78, 5) is 7.37. The molecule has 0 atom stereocenters. The van der Waals surface area contributed by atoms with Crippen LogP contribution in [0.3, 0.4) is 0 Å². The maximum Gasteiger partial charge on any atom is 0.250 e. The van der Waals surface area contributed by atoms with Gasteiger partial charge in [-0.25, -0.2) is 4.98 Å². The zero-order chi connectivity index (χ0) is 30.2. The minimum atomic E-state index is 0.119. The summed E-state index contributed by atoms with van der Waals surface area (Å²) in [5, 5.41) is 2.50. The lowest BCUT2D eigenvalue weighted by Crippen LogP contribution is -2.54. The van der Waals surface area contributed by atoms with Crippen molar-refractivity contribution in [2.45, 2.75) is 0 Å². The van der Waals surface area contributed by atoms with E-state index in [0.717, 1.165) is 45.5 Å². The fraction of sp³-hybridized carbons (Fsp3) is 0. The molecule has 0 saturated carbocycles. The number of benzene rings is 6. The summed E-state index contributed by atoms with van der Waals surface area (Å²) < 4.78 is 8.91. The maximum absolute atomic E-state index is 6.51. The van der Waals surface area contributed by atoms with Crippen LogP contribution in [0.2, 0.25) is 0 Å². The number of anilines is 3. The van der Waals surface area contributed by atoms with Crippen LogP contribution in [0.1, 0.15) is 0 Å². The minimum Gasteiger partial charge on any atom is -0.458 e. The molecule has 2 aliphatic rings. The van der Waals surface area contributed by atoms with E-state index in [1.807, 2.05) is 12.3 Å². The molecule has 4 nitrogen and oxygen atoms in total. The van der Waals surface area contributed by atoms with Crippen molar-refractivity contribution in [2.75, 3.05) is 4.90 Å². The predicted octanol–water partition coefficient (Wildman–Crippen LogP) is 8.25. The minimum absolute atomic E-state index is 0.119. The third-order valence-corrected chi connectivity index (χ3v) is 9.50. The molecular weight excluding hydrogens is 561 g/mol. The lowest BCUT2D eigenvalue weighted by atomic mass is 9.36. The Bertz CT molecular complexity index is 2470. The van der Waals surface area contributed by atoms with Crippen molar-refractivity contribution in [2.24, 2.45) is 0 Å². The molecule has 10 rings (SSSR count). The van der Waals surface area contributed by atoms with E-state index in [9.17, 15) is 0 Å². The SMILES string of the molecule is c1ccc(B2c3ccccc3Oc3cc(-c4ccc(N5c6ccccc6-n6c7ccccc7c7cccc5c76)nc4)ccc32)cc1. The summed E-state index contributed by atoms with van der Waals surface area (Å²) in [6, 6.07) is 53.7. The van der Waals surface area contributed by atoms with Crippen LogP contribution >= 0.6 is 0 Å². The highest BCUT2D eigenvalue weighted by molar-refractivity contribution is 6.96. The monoisotopic (exact) mass is 587 g/mol. The molecular formula is C41H26BN3O. The molecule has 5 heteroatoms. The van der Waals surface area contributed by atoms with Crippen LogP contribution in [-0.2, 0) is 0 Å². The second-order valence-corrected chi connectivity index (χ2v) is 12.0. The second kappa shape index (κ2) is 9.72. The Morgan fingerprint density at radius 2 is 1.24 bits per heavy atom. The fourth-order valence-corrected chi connectivity index (χ4v) is 7.48. The van der Waals surface area contributed by atoms with Crippen LogP contribution < -0.4 is 26.0 Å². The first-order valence-electron chi connectivity index (χ1n) is 15.7. The third-order valence-electron chi connectivity index (χ3n) is 9.50. The molecule has 46 heavy (non-hydrogen) atoms. The molecule has 2 aliphatic heterocycles. The van der Waals surface area contributed by atoms with Gasteiger partial charge in [0.2, 0.25) is 0 Å². The van der Waals surface area contributed by atoms with Gasteiger partial charge in [0.05, 0.1) is 28.1 Å². The highest BCUT2D eigenvalue weighted by atomic mass is 16.5. The molecule has 0 amide bonds. The summed E-state index contributed by atoms with van der Waals surface area (Å²) in [5.41, 5.74) is 11.5. The zero-order valence-corrected chi connectivity index (χ0v) is 24.8. The first kappa shape index (κ1) is 25.3. The van der Waals surface area contributed by atoms with E-state index in [0.29, 0.717) is 0 Å². The molecule has 0 saturated heterocycles. The van der Waals surface area contributed by atoms with E-state index < -0.39 is 0 Å². The molecule has 0 unspecified atom stereocenters. The fourth-order valence-electron chi connectivity index (χ4n) is 7.48. The standard InChI is InChI=1S/C41H26BN3O/c1-2-11-29(12-3-1)42-32-15-5-9-20-38(32)46-39-25-27(21-23-33(39)42)28-22-24-40(43-26-28)44-35-17-7-8-18-36(35)45-34-16-6-4-13-30(34)31-14-10-19-37(44)41(31)45/h1-26H. The van der Waals surface area contributed by atoms with E-state index in [1.165, 1.54) is 38.2 Å². The van der Waals surface area contributed by atoms with E-state index in [2.05, 4.69) is 155 Å². The third kappa shape index (κ3) is 3.60. The van der Waals surface area contributed by atoms with Gasteiger partial charge in [-0.05, 0) is 65.0 Å². The number of hydrogen-bond acceptors (Lipinski definition) is 3. The average molecular weight is 587 g/mol. The number of ether oxygens (including phenoxy) is 1. The van der Waals surface area contributed by atoms with E-state index >= 15 is 0 Å². The molecule has 0 bridgehead atoms. The Morgan fingerprint density at radius 3 is 2.13 bits per heavy atom. The van der Waals surface area contributed by atoms with E-state index in [-0.39, 0.29) is 6.71 Å². The zero-order valence-electron chi connectivity index (χ0n) is 24.8. The Balaban J connectivity index is 1.07. The van der Waals surface area contributed by atoms with E-state index in [1.54, 1.807) is 0 Å². The number of aromatic nitrogens is 2. The largest absolute Gasteiger partial charge is 0.458 e. The van der Waals surface area contributed by atoms with Crippen LogP contribution in [-0.4, -0.2) is 16.3 Å². The summed E-state index contributed by atoms with van der Waals surface area (Å²) in [5.74, 6) is 2.68. The normalized spacial score (nSPS) is 12.9. The highest BCUT2D eigenvalue weighted by Gasteiger charge is 2.32. The number of nitrogens with zero attached hydrogens (tertiary/aromatic N) is 3. The van der Waals surface area contributed by atoms with Gasteiger partial charge in [-0.3, -0.25) is 4.90 Å². The number of fused-ring (bicyclic) bond motifs is 7. The van der Waals surface area contributed by atoms with Crippen molar-refractivity contribution in [1.29, 1.82) is 0 Å². The molecule has 0 fully saturated rings. The Morgan fingerprint density at radius 1 is 0.522 bits per heavy atom. The maximum atomic E-state index is 6.51. The molecule has 0 spiro atoms. The predicted molar refractivity (Wildman–Crippen MR) is 190 cm³/mol. The first-order valence-corrected chi connectivity index (χ1v) is 15.7. The van der Waals surface area contributed by atoms with Gasteiger partial charge in [-0.2, -0.15) is 0 Å². The van der Waals surface area contributed by atoms with Crippen LogP contribution in [0.5, 0.6) is 11.5 Å². The lowest BCUT2D eigenvalue weighted by Gasteiger charge is -2.32. The van der Waals surface area contributed by atoms with Gasteiger partial charge in [-0.1, -0.05) is 109 Å². The average Bonchev–Trinajstić information content (AvgIpc) is 3.47. The summed E-state index contributed by atoms with van der Waals surface area (Å²) in [7, 11) is 0. The number of rotatable bonds is 3. The van der Waals surface area contributed by atoms with Crippen LogP contribution in [0.15, 0.2) is 158 Å². The topological polar surface area (TPSA) is 30.3 Å². The number of hydrogen-bond donors (Lipinski definition) is 0. The molecule has 0 radical (unpaired) electrons. The molecule has 8 aromatic rings. The quantitative estimate of drug-likeness (QED) is 0.195. The Hall–Kier alpha value is -6.07. The van der Waals surface area contributed by atoms with Crippen LogP contribution in [0, 0.1) is 0 Å².